The lowest BCUT2D eigenvalue weighted by Gasteiger charge is -2.08. The van der Waals surface area contributed by atoms with Gasteiger partial charge in [-0.15, -0.1) is 0 Å². The van der Waals surface area contributed by atoms with E-state index in [-0.39, 0.29) is 11.6 Å². The molecule has 0 fully saturated rings. The Hall–Kier alpha value is -3.02. The maximum atomic E-state index is 12.3. The van der Waals surface area contributed by atoms with Gasteiger partial charge in [-0.2, -0.15) is 0 Å². The minimum absolute atomic E-state index is 0.253. The lowest BCUT2D eigenvalue weighted by molar-refractivity contribution is 0.102. The van der Waals surface area contributed by atoms with Crippen molar-refractivity contribution in [2.45, 2.75) is 0 Å². The number of nitrogens with one attached hydrogen (secondary N) is 2. The number of carbonyl (C=O) groups is 1. The molecule has 0 aliphatic carbocycles. The van der Waals surface area contributed by atoms with Gasteiger partial charge in [0, 0.05) is 18.6 Å². The van der Waals surface area contributed by atoms with E-state index < -0.39 is 0 Å². The predicted molar refractivity (Wildman–Crippen MR) is 81.3 cm³/mol. The fraction of sp³-hybridized carbons (Fsp3) is 0.0667. The molecule has 3 rings (SSSR count). The third kappa shape index (κ3) is 2.64. The van der Waals surface area contributed by atoms with Crippen LogP contribution in [-0.4, -0.2) is 27.9 Å². The third-order valence-corrected chi connectivity index (χ3v) is 3.02. The van der Waals surface area contributed by atoms with E-state index in [0.29, 0.717) is 11.5 Å². The van der Waals surface area contributed by atoms with Crippen LogP contribution in [0.15, 0.2) is 48.9 Å². The molecule has 2 heterocycles. The van der Waals surface area contributed by atoms with Crippen LogP contribution in [0.25, 0.3) is 10.9 Å². The highest BCUT2D eigenvalue weighted by Crippen LogP contribution is 2.21. The highest BCUT2D eigenvalue weighted by atomic mass is 16.1. The summed E-state index contributed by atoms with van der Waals surface area (Å²) in [6.45, 7) is 0. The quantitative estimate of drug-likeness (QED) is 0.769. The monoisotopic (exact) mass is 279 g/mol. The van der Waals surface area contributed by atoms with E-state index in [1.54, 1.807) is 19.4 Å². The van der Waals surface area contributed by atoms with E-state index in [4.69, 9.17) is 0 Å². The summed E-state index contributed by atoms with van der Waals surface area (Å²) < 4.78 is 0. The minimum atomic E-state index is -0.309. The summed E-state index contributed by atoms with van der Waals surface area (Å²) in [6.07, 6.45) is 4.70. The Morgan fingerprint density at radius 2 is 2.05 bits per heavy atom. The van der Waals surface area contributed by atoms with Crippen molar-refractivity contribution in [1.29, 1.82) is 0 Å². The molecule has 0 atom stereocenters. The second-order valence-electron chi connectivity index (χ2n) is 4.37. The van der Waals surface area contributed by atoms with Crippen LogP contribution in [0.4, 0.5) is 11.5 Å². The number of nitrogens with zero attached hydrogens (tertiary/aromatic N) is 3. The van der Waals surface area contributed by atoms with Gasteiger partial charge >= 0.3 is 0 Å². The number of amides is 1. The van der Waals surface area contributed by atoms with E-state index in [0.717, 1.165) is 10.9 Å². The molecule has 21 heavy (non-hydrogen) atoms. The van der Waals surface area contributed by atoms with Gasteiger partial charge in [0.15, 0.2) is 0 Å². The molecule has 0 saturated heterocycles. The first-order valence-corrected chi connectivity index (χ1v) is 6.43. The maximum absolute atomic E-state index is 12.3. The number of pyridine rings is 1. The molecule has 0 radical (unpaired) electrons. The van der Waals surface area contributed by atoms with Gasteiger partial charge in [-0.05, 0) is 24.3 Å². The van der Waals surface area contributed by atoms with Crippen LogP contribution < -0.4 is 10.6 Å². The molecular weight excluding hydrogens is 266 g/mol. The number of benzene rings is 1. The van der Waals surface area contributed by atoms with Crippen molar-refractivity contribution in [2.75, 3.05) is 17.7 Å². The number of rotatable bonds is 3. The smallest absolute Gasteiger partial charge is 0.275 e. The molecular formula is C15H13N5O. The van der Waals surface area contributed by atoms with Gasteiger partial charge in [-0.3, -0.25) is 14.8 Å². The van der Waals surface area contributed by atoms with Gasteiger partial charge in [0.1, 0.15) is 11.5 Å². The largest absolute Gasteiger partial charge is 0.372 e. The molecule has 0 aliphatic heterocycles. The standard InChI is InChI=1S/C15H13N5O/c1-16-14-9-17-8-13(19-14)15(21)20-12-6-2-5-11-10(12)4-3-7-18-11/h2-9H,1H3,(H,16,19)(H,20,21). The number of aromatic nitrogens is 3. The van der Waals surface area contributed by atoms with Crippen LogP contribution in [0.2, 0.25) is 0 Å². The second-order valence-corrected chi connectivity index (χ2v) is 4.37. The maximum Gasteiger partial charge on any atom is 0.275 e. The highest BCUT2D eigenvalue weighted by molar-refractivity contribution is 6.07. The van der Waals surface area contributed by atoms with Crippen molar-refractivity contribution in [2.24, 2.45) is 0 Å². The van der Waals surface area contributed by atoms with Crippen LogP contribution in [0.3, 0.4) is 0 Å². The molecule has 0 saturated carbocycles. The third-order valence-electron chi connectivity index (χ3n) is 3.02. The molecule has 1 amide bonds. The summed E-state index contributed by atoms with van der Waals surface area (Å²) in [6, 6.07) is 9.32. The fourth-order valence-electron chi connectivity index (χ4n) is 1.99. The number of hydrogen-bond donors (Lipinski definition) is 2. The SMILES string of the molecule is CNc1cncc(C(=O)Nc2cccc3ncccc23)n1. The van der Waals surface area contributed by atoms with Crippen LogP contribution in [-0.2, 0) is 0 Å². The number of fused-ring (bicyclic) bond motifs is 1. The number of anilines is 2. The Bertz CT molecular complexity index is 797. The summed E-state index contributed by atoms with van der Waals surface area (Å²) in [5.74, 6) is 0.234. The Kier molecular flexibility index (Phi) is 3.42. The van der Waals surface area contributed by atoms with Gasteiger partial charge in [0.2, 0.25) is 0 Å². The van der Waals surface area contributed by atoms with Crippen molar-refractivity contribution in [1.82, 2.24) is 15.0 Å². The van der Waals surface area contributed by atoms with Gasteiger partial charge in [-0.25, -0.2) is 4.98 Å². The minimum Gasteiger partial charge on any atom is -0.372 e. The molecule has 0 bridgehead atoms. The second kappa shape index (κ2) is 5.54. The number of hydrogen-bond acceptors (Lipinski definition) is 5. The van der Waals surface area contributed by atoms with Gasteiger partial charge < -0.3 is 10.6 Å². The summed E-state index contributed by atoms with van der Waals surface area (Å²) >= 11 is 0. The van der Waals surface area contributed by atoms with Crippen LogP contribution in [0.5, 0.6) is 0 Å². The summed E-state index contributed by atoms with van der Waals surface area (Å²) in [7, 11) is 1.72. The van der Waals surface area contributed by atoms with Gasteiger partial charge in [0.25, 0.3) is 5.91 Å². The zero-order valence-corrected chi connectivity index (χ0v) is 11.4. The van der Waals surface area contributed by atoms with E-state index >= 15 is 0 Å². The first-order valence-electron chi connectivity index (χ1n) is 6.43. The van der Waals surface area contributed by atoms with Crippen molar-refractivity contribution in [3.05, 3.63) is 54.6 Å². The molecule has 2 N–H and O–H groups in total. The zero-order valence-electron chi connectivity index (χ0n) is 11.4. The van der Waals surface area contributed by atoms with Crippen molar-refractivity contribution in [3.63, 3.8) is 0 Å². The summed E-state index contributed by atoms with van der Waals surface area (Å²) in [5.41, 5.74) is 1.77. The summed E-state index contributed by atoms with van der Waals surface area (Å²) in [5, 5.41) is 6.58. The lowest BCUT2D eigenvalue weighted by atomic mass is 10.2. The Labute approximate surface area is 121 Å². The molecule has 104 valence electrons. The number of carbonyl (C=O) groups excluding carboxylic acids is 1. The van der Waals surface area contributed by atoms with Gasteiger partial charge in [-0.1, -0.05) is 6.07 Å². The van der Waals surface area contributed by atoms with Crippen LogP contribution >= 0.6 is 0 Å². The summed E-state index contributed by atoms with van der Waals surface area (Å²) in [4.78, 5) is 24.7. The predicted octanol–water partition coefficient (Wildman–Crippen LogP) is 2.32. The molecule has 6 nitrogen and oxygen atoms in total. The van der Waals surface area contributed by atoms with E-state index in [1.807, 2.05) is 30.3 Å². The van der Waals surface area contributed by atoms with Crippen molar-refractivity contribution < 1.29 is 4.79 Å². The zero-order chi connectivity index (χ0) is 14.7. The molecule has 1 aromatic carbocycles. The van der Waals surface area contributed by atoms with Crippen molar-refractivity contribution in [3.8, 4) is 0 Å². The van der Waals surface area contributed by atoms with E-state index in [2.05, 4.69) is 25.6 Å². The Morgan fingerprint density at radius 1 is 1.14 bits per heavy atom. The molecule has 0 aliphatic rings. The molecule has 6 heteroatoms. The Balaban J connectivity index is 1.93. The average molecular weight is 279 g/mol. The fourth-order valence-corrected chi connectivity index (χ4v) is 1.99. The van der Waals surface area contributed by atoms with Gasteiger partial charge in [0.05, 0.1) is 23.6 Å². The first-order chi connectivity index (χ1) is 10.3. The topological polar surface area (TPSA) is 79.8 Å². The van der Waals surface area contributed by atoms with Crippen LogP contribution in [0.1, 0.15) is 10.5 Å². The molecule has 2 aromatic heterocycles. The normalized spacial score (nSPS) is 10.3. The average Bonchev–Trinajstić information content (AvgIpc) is 2.55. The van der Waals surface area contributed by atoms with E-state index in [1.165, 1.54) is 6.20 Å². The van der Waals surface area contributed by atoms with Crippen LogP contribution in [0, 0.1) is 0 Å². The van der Waals surface area contributed by atoms with E-state index in [9.17, 15) is 4.79 Å². The lowest BCUT2D eigenvalue weighted by Crippen LogP contribution is -2.15. The van der Waals surface area contributed by atoms with Crippen molar-refractivity contribution >= 4 is 28.3 Å². The molecule has 0 unspecified atom stereocenters. The molecule has 0 spiro atoms. The first kappa shape index (κ1) is 13.0. The molecule has 3 aromatic rings. The Morgan fingerprint density at radius 3 is 2.90 bits per heavy atom. The highest BCUT2D eigenvalue weighted by Gasteiger charge is 2.10.